The first-order valence-corrected chi connectivity index (χ1v) is 3.08. The Morgan fingerprint density at radius 3 is 3.10 bits per heavy atom. The van der Waals surface area contributed by atoms with Gasteiger partial charge in [0.1, 0.15) is 0 Å². The summed E-state index contributed by atoms with van der Waals surface area (Å²) in [4.78, 5) is 3.91. The predicted molar refractivity (Wildman–Crippen MR) is 35.5 cm³/mol. The van der Waals surface area contributed by atoms with Crippen molar-refractivity contribution in [1.29, 1.82) is 0 Å². The zero-order chi connectivity index (χ0) is 7.40. The molecule has 1 N–H and O–H groups in total. The van der Waals surface area contributed by atoms with E-state index >= 15 is 0 Å². The molecule has 10 heavy (non-hydrogen) atoms. The van der Waals surface area contributed by atoms with Crippen LogP contribution in [0.4, 0.5) is 0 Å². The Kier molecular flexibility index (Phi) is 2.42. The lowest BCUT2D eigenvalue weighted by Crippen LogP contribution is -1.96. The van der Waals surface area contributed by atoms with E-state index in [9.17, 15) is 0 Å². The Bertz CT molecular complexity index is 197. The molecular formula is C6H10N2O2. The average Bonchev–Trinajstić information content (AvgIpc) is 2.31. The molecule has 4 heteroatoms. The standard InChI is InChI=1S/C6H10N2O2/c1-8-4-2-6(7-8)3-5-10-9/h2,4,9H,3,5H2,1H3. The SMILES string of the molecule is Cn1ccc(CCOO)n1. The first-order chi connectivity index (χ1) is 4.83. The molecule has 56 valence electrons. The molecule has 0 radical (unpaired) electrons. The van der Waals surface area contributed by atoms with Crippen molar-refractivity contribution in [2.75, 3.05) is 6.61 Å². The van der Waals surface area contributed by atoms with E-state index in [1.807, 2.05) is 19.3 Å². The average molecular weight is 142 g/mol. The molecule has 0 fully saturated rings. The highest BCUT2D eigenvalue weighted by Gasteiger charge is 1.94. The molecule has 0 aliphatic carbocycles. The second kappa shape index (κ2) is 3.34. The third-order valence-electron chi connectivity index (χ3n) is 1.22. The van der Waals surface area contributed by atoms with Gasteiger partial charge in [-0.3, -0.25) is 9.94 Å². The van der Waals surface area contributed by atoms with Gasteiger partial charge in [-0.05, 0) is 6.07 Å². The van der Waals surface area contributed by atoms with Crippen LogP contribution in [0.15, 0.2) is 12.3 Å². The van der Waals surface area contributed by atoms with Crippen LogP contribution in [0.3, 0.4) is 0 Å². The summed E-state index contributed by atoms with van der Waals surface area (Å²) in [6.07, 6.45) is 2.50. The van der Waals surface area contributed by atoms with Gasteiger partial charge in [0.15, 0.2) is 0 Å². The predicted octanol–water partition coefficient (Wildman–Crippen LogP) is 0.452. The molecule has 1 aromatic rings. The fourth-order valence-corrected chi connectivity index (χ4v) is 0.747. The summed E-state index contributed by atoms with van der Waals surface area (Å²) in [5, 5.41) is 12.1. The molecule has 0 aliphatic heterocycles. The van der Waals surface area contributed by atoms with Crippen molar-refractivity contribution >= 4 is 0 Å². The topological polar surface area (TPSA) is 47.3 Å². The summed E-state index contributed by atoms with van der Waals surface area (Å²) in [7, 11) is 1.85. The number of aryl methyl sites for hydroxylation is 1. The van der Waals surface area contributed by atoms with E-state index in [4.69, 9.17) is 5.26 Å². The Balaban J connectivity index is 2.42. The molecule has 1 rings (SSSR count). The second-order valence-electron chi connectivity index (χ2n) is 2.06. The van der Waals surface area contributed by atoms with Crippen LogP contribution in [0, 0.1) is 0 Å². The lowest BCUT2D eigenvalue weighted by Gasteiger charge is -1.91. The third-order valence-corrected chi connectivity index (χ3v) is 1.22. The molecule has 4 nitrogen and oxygen atoms in total. The largest absolute Gasteiger partial charge is 0.276 e. The van der Waals surface area contributed by atoms with Crippen LogP contribution in [0.2, 0.25) is 0 Å². The van der Waals surface area contributed by atoms with Gasteiger partial charge >= 0.3 is 0 Å². The molecule has 0 aromatic carbocycles. The van der Waals surface area contributed by atoms with Crippen molar-refractivity contribution in [2.24, 2.45) is 7.05 Å². The highest BCUT2D eigenvalue weighted by Crippen LogP contribution is 1.94. The van der Waals surface area contributed by atoms with E-state index in [1.165, 1.54) is 0 Å². The van der Waals surface area contributed by atoms with Crippen molar-refractivity contribution in [1.82, 2.24) is 9.78 Å². The van der Waals surface area contributed by atoms with Crippen LogP contribution in [-0.4, -0.2) is 21.6 Å². The van der Waals surface area contributed by atoms with E-state index in [0.717, 1.165) is 5.69 Å². The smallest absolute Gasteiger partial charge is 0.0875 e. The van der Waals surface area contributed by atoms with Crippen molar-refractivity contribution in [3.63, 3.8) is 0 Å². The summed E-state index contributed by atoms with van der Waals surface area (Å²) < 4.78 is 1.71. The van der Waals surface area contributed by atoms with Crippen LogP contribution < -0.4 is 0 Å². The highest BCUT2D eigenvalue weighted by molar-refractivity contribution is 4.98. The number of hydrogen-bond donors (Lipinski definition) is 1. The molecule has 1 aromatic heterocycles. The molecule has 1 heterocycles. The van der Waals surface area contributed by atoms with Crippen LogP contribution in [-0.2, 0) is 18.4 Å². The number of nitrogens with zero attached hydrogens (tertiary/aromatic N) is 2. The minimum absolute atomic E-state index is 0.303. The molecule has 0 saturated carbocycles. The summed E-state index contributed by atoms with van der Waals surface area (Å²) in [6, 6.07) is 1.89. The second-order valence-corrected chi connectivity index (χ2v) is 2.06. The van der Waals surface area contributed by atoms with Gasteiger partial charge in [-0.1, -0.05) is 0 Å². The summed E-state index contributed by atoms with van der Waals surface area (Å²) in [5.41, 5.74) is 0.927. The Hall–Kier alpha value is -0.870. The lowest BCUT2D eigenvalue weighted by atomic mass is 10.3. The minimum Gasteiger partial charge on any atom is -0.276 e. The molecule has 0 saturated heterocycles. The van der Waals surface area contributed by atoms with Gasteiger partial charge in [-0.15, -0.1) is 0 Å². The van der Waals surface area contributed by atoms with E-state index < -0.39 is 0 Å². The van der Waals surface area contributed by atoms with Gasteiger partial charge in [0.2, 0.25) is 0 Å². The third kappa shape index (κ3) is 1.82. The maximum Gasteiger partial charge on any atom is 0.0875 e. The first kappa shape index (κ1) is 7.24. The zero-order valence-corrected chi connectivity index (χ0v) is 5.82. The number of hydrogen-bond acceptors (Lipinski definition) is 3. The summed E-state index contributed by atoms with van der Waals surface area (Å²) in [5.74, 6) is 0. The van der Waals surface area contributed by atoms with Gasteiger partial charge in [-0.25, -0.2) is 4.89 Å². The van der Waals surface area contributed by atoms with Crippen molar-refractivity contribution < 1.29 is 10.1 Å². The number of rotatable bonds is 3. The number of aromatic nitrogens is 2. The van der Waals surface area contributed by atoms with E-state index in [2.05, 4.69) is 9.99 Å². The van der Waals surface area contributed by atoms with Gasteiger partial charge < -0.3 is 0 Å². The molecule has 0 amide bonds. The molecular weight excluding hydrogens is 132 g/mol. The van der Waals surface area contributed by atoms with E-state index in [1.54, 1.807) is 4.68 Å². The summed E-state index contributed by atoms with van der Waals surface area (Å²) in [6.45, 7) is 0.303. The molecule has 0 aliphatic rings. The fraction of sp³-hybridized carbons (Fsp3) is 0.500. The minimum atomic E-state index is 0.303. The van der Waals surface area contributed by atoms with Crippen LogP contribution in [0.5, 0.6) is 0 Å². The maximum absolute atomic E-state index is 8.00. The summed E-state index contributed by atoms with van der Waals surface area (Å²) >= 11 is 0. The quantitative estimate of drug-likeness (QED) is 0.492. The van der Waals surface area contributed by atoms with Gasteiger partial charge in [0.25, 0.3) is 0 Å². The van der Waals surface area contributed by atoms with Crippen LogP contribution in [0.25, 0.3) is 0 Å². The van der Waals surface area contributed by atoms with Gasteiger partial charge in [0, 0.05) is 19.7 Å². The maximum atomic E-state index is 8.00. The van der Waals surface area contributed by atoms with Gasteiger partial charge in [-0.2, -0.15) is 5.10 Å². The molecule has 0 unspecified atom stereocenters. The molecule has 0 spiro atoms. The highest BCUT2D eigenvalue weighted by atomic mass is 17.1. The normalized spacial score (nSPS) is 10.2. The monoisotopic (exact) mass is 142 g/mol. The van der Waals surface area contributed by atoms with Crippen LogP contribution in [0.1, 0.15) is 5.69 Å². The fourth-order valence-electron chi connectivity index (χ4n) is 0.747. The Morgan fingerprint density at radius 2 is 2.60 bits per heavy atom. The first-order valence-electron chi connectivity index (χ1n) is 3.08. The van der Waals surface area contributed by atoms with Crippen molar-refractivity contribution in [2.45, 2.75) is 6.42 Å². The van der Waals surface area contributed by atoms with Crippen molar-refractivity contribution in [3.05, 3.63) is 18.0 Å². The lowest BCUT2D eigenvalue weighted by molar-refractivity contribution is -0.241. The Morgan fingerprint density at radius 1 is 1.80 bits per heavy atom. The zero-order valence-electron chi connectivity index (χ0n) is 5.82. The van der Waals surface area contributed by atoms with Gasteiger partial charge in [0.05, 0.1) is 12.3 Å². The van der Waals surface area contributed by atoms with Crippen LogP contribution >= 0.6 is 0 Å². The van der Waals surface area contributed by atoms with E-state index in [-0.39, 0.29) is 0 Å². The molecule has 0 atom stereocenters. The van der Waals surface area contributed by atoms with E-state index in [0.29, 0.717) is 13.0 Å². The molecule has 0 bridgehead atoms. The Labute approximate surface area is 59.0 Å². The van der Waals surface area contributed by atoms with Crippen molar-refractivity contribution in [3.8, 4) is 0 Å².